The van der Waals surface area contributed by atoms with Crippen molar-refractivity contribution < 1.29 is 0 Å². The molecule has 0 radical (unpaired) electrons. The molecule has 0 spiro atoms. The molecule has 6 heteroatoms. The highest BCUT2D eigenvalue weighted by Crippen LogP contribution is 2.16. The van der Waals surface area contributed by atoms with Crippen LogP contribution in [0, 0.1) is 5.92 Å². The maximum atomic E-state index is 12.2. The summed E-state index contributed by atoms with van der Waals surface area (Å²) >= 11 is 3.36. The van der Waals surface area contributed by atoms with Crippen LogP contribution in [0.25, 0.3) is 0 Å². The predicted octanol–water partition coefficient (Wildman–Crippen LogP) is 2.71. The minimum Gasteiger partial charge on any atom is -0.382 e. The summed E-state index contributed by atoms with van der Waals surface area (Å²) in [6.07, 6.45) is 4.26. The molecular weight excluding hydrogens is 332 g/mol. The summed E-state index contributed by atoms with van der Waals surface area (Å²) in [5.74, 6) is 0.380. The molecule has 0 bridgehead atoms. The lowest BCUT2D eigenvalue weighted by molar-refractivity contribution is 0.462. The second-order valence-corrected chi connectivity index (χ2v) is 6.04. The predicted molar refractivity (Wildman–Crippen MR) is 87.5 cm³/mol. The summed E-state index contributed by atoms with van der Waals surface area (Å²) in [6, 6.07) is 5.84. The molecule has 0 aliphatic carbocycles. The molecule has 0 unspecified atom stereocenters. The van der Waals surface area contributed by atoms with E-state index in [1.54, 1.807) is 12.4 Å². The van der Waals surface area contributed by atoms with Gasteiger partial charge >= 0.3 is 0 Å². The van der Waals surface area contributed by atoms with Gasteiger partial charge in [0.15, 0.2) is 0 Å². The van der Waals surface area contributed by atoms with Gasteiger partial charge in [-0.25, -0.2) is 4.68 Å². The number of anilines is 1. The van der Waals surface area contributed by atoms with Crippen molar-refractivity contribution in [2.75, 3.05) is 11.9 Å². The van der Waals surface area contributed by atoms with Crippen LogP contribution >= 0.6 is 15.9 Å². The van der Waals surface area contributed by atoms with Crippen LogP contribution in [-0.2, 0) is 13.0 Å². The Morgan fingerprint density at radius 2 is 2.19 bits per heavy atom. The molecule has 21 heavy (non-hydrogen) atoms. The van der Waals surface area contributed by atoms with E-state index in [1.165, 1.54) is 4.68 Å². The van der Waals surface area contributed by atoms with Crippen LogP contribution in [0.2, 0.25) is 0 Å². The molecule has 0 aromatic carbocycles. The van der Waals surface area contributed by atoms with Crippen molar-refractivity contribution in [2.24, 2.45) is 5.92 Å². The Balaban J connectivity index is 2.01. The van der Waals surface area contributed by atoms with E-state index in [0.29, 0.717) is 23.5 Å². The van der Waals surface area contributed by atoms with Crippen LogP contribution in [0.4, 0.5) is 5.69 Å². The molecule has 1 N–H and O–H groups in total. The molecule has 0 fully saturated rings. The topological polar surface area (TPSA) is 59.8 Å². The molecule has 0 saturated carbocycles. The number of aromatic nitrogens is 3. The standard InChI is InChI=1S/C15H19BrN4O/c1-11(2)10-20-15(21)14(16)13(9-19-20)18-8-6-12-5-3-4-7-17-12/h3-5,7,9,11,18H,6,8,10H2,1-2H3. The van der Waals surface area contributed by atoms with Gasteiger partial charge in [0.2, 0.25) is 0 Å². The monoisotopic (exact) mass is 350 g/mol. The van der Waals surface area contributed by atoms with Crippen molar-refractivity contribution in [3.05, 3.63) is 51.1 Å². The van der Waals surface area contributed by atoms with Gasteiger partial charge in [-0.3, -0.25) is 9.78 Å². The summed E-state index contributed by atoms with van der Waals surface area (Å²) in [6.45, 7) is 5.43. The van der Waals surface area contributed by atoms with Crippen molar-refractivity contribution in [1.29, 1.82) is 0 Å². The molecular formula is C15H19BrN4O. The molecule has 2 aromatic heterocycles. The molecule has 5 nitrogen and oxygen atoms in total. The lowest BCUT2D eigenvalue weighted by Crippen LogP contribution is -2.26. The average Bonchev–Trinajstić information content (AvgIpc) is 2.47. The molecule has 2 rings (SSSR count). The average molecular weight is 351 g/mol. The van der Waals surface area contributed by atoms with Crippen molar-refractivity contribution >= 4 is 21.6 Å². The van der Waals surface area contributed by atoms with Gasteiger partial charge in [0.1, 0.15) is 4.47 Å². The van der Waals surface area contributed by atoms with Crippen molar-refractivity contribution in [3.63, 3.8) is 0 Å². The molecule has 112 valence electrons. The number of pyridine rings is 1. The van der Waals surface area contributed by atoms with Gasteiger partial charge in [-0.1, -0.05) is 19.9 Å². The minimum absolute atomic E-state index is 0.105. The van der Waals surface area contributed by atoms with Gasteiger partial charge in [0, 0.05) is 31.4 Å². The Labute approximate surface area is 132 Å². The number of hydrogen-bond acceptors (Lipinski definition) is 4. The van der Waals surface area contributed by atoms with E-state index < -0.39 is 0 Å². The van der Waals surface area contributed by atoms with Gasteiger partial charge in [-0.05, 0) is 34.0 Å². The Bertz CT molecular complexity index is 640. The van der Waals surface area contributed by atoms with Crippen LogP contribution in [0.15, 0.2) is 39.9 Å². The third-order valence-electron chi connectivity index (χ3n) is 2.95. The molecule has 2 heterocycles. The van der Waals surface area contributed by atoms with Gasteiger partial charge in [-0.15, -0.1) is 0 Å². The highest BCUT2D eigenvalue weighted by Gasteiger charge is 2.09. The van der Waals surface area contributed by atoms with Crippen LogP contribution in [0.1, 0.15) is 19.5 Å². The summed E-state index contributed by atoms with van der Waals surface area (Å²) in [5.41, 5.74) is 1.63. The third kappa shape index (κ3) is 4.39. The molecule has 2 aromatic rings. The Hall–Kier alpha value is -1.69. The van der Waals surface area contributed by atoms with Gasteiger partial charge in [0.25, 0.3) is 5.56 Å². The zero-order valence-electron chi connectivity index (χ0n) is 12.2. The second-order valence-electron chi connectivity index (χ2n) is 5.25. The number of halogens is 1. The van der Waals surface area contributed by atoms with Crippen LogP contribution < -0.4 is 10.9 Å². The Morgan fingerprint density at radius 1 is 1.38 bits per heavy atom. The fourth-order valence-electron chi connectivity index (χ4n) is 1.94. The zero-order chi connectivity index (χ0) is 15.2. The lowest BCUT2D eigenvalue weighted by atomic mass is 10.2. The van der Waals surface area contributed by atoms with E-state index in [2.05, 4.69) is 45.2 Å². The van der Waals surface area contributed by atoms with Crippen molar-refractivity contribution in [2.45, 2.75) is 26.8 Å². The largest absolute Gasteiger partial charge is 0.382 e. The van der Waals surface area contributed by atoms with Gasteiger partial charge in [-0.2, -0.15) is 5.10 Å². The highest BCUT2D eigenvalue weighted by molar-refractivity contribution is 9.10. The lowest BCUT2D eigenvalue weighted by Gasteiger charge is -2.11. The quantitative estimate of drug-likeness (QED) is 0.869. The van der Waals surface area contributed by atoms with Crippen molar-refractivity contribution in [1.82, 2.24) is 14.8 Å². The molecule has 0 aliphatic rings. The summed E-state index contributed by atoms with van der Waals surface area (Å²) in [7, 11) is 0. The first-order valence-corrected chi connectivity index (χ1v) is 7.76. The minimum atomic E-state index is -0.105. The first-order valence-electron chi connectivity index (χ1n) is 6.97. The number of nitrogens with one attached hydrogen (secondary N) is 1. The van der Waals surface area contributed by atoms with Crippen molar-refractivity contribution in [3.8, 4) is 0 Å². The third-order valence-corrected chi connectivity index (χ3v) is 3.71. The number of nitrogens with zero attached hydrogens (tertiary/aromatic N) is 3. The summed E-state index contributed by atoms with van der Waals surface area (Å²) in [4.78, 5) is 16.4. The SMILES string of the molecule is CC(C)Cn1ncc(NCCc2ccccn2)c(Br)c1=O. The van der Waals surface area contributed by atoms with Crippen LogP contribution in [0.3, 0.4) is 0 Å². The summed E-state index contributed by atoms with van der Waals surface area (Å²) in [5, 5.41) is 7.42. The number of hydrogen-bond donors (Lipinski definition) is 1. The molecule has 0 amide bonds. The molecule has 0 aliphatic heterocycles. The Morgan fingerprint density at radius 3 is 2.86 bits per heavy atom. The van der Waals surface area contributed by atoms with Gasteiger partial charge < -0.3 is 5.32 Å². The highest BCUT2D eigenvalue weighted by atomic mass is 79.9. The smallest absolute Gasteiger partial charge is 0.283 e. The van der Waals surface area contributed by atoms with E-state index >= 15 is 0 Å². The van der Waals surface area contributed by atoms with E-state index in [4.69, 9.17) is 0 Å². The fraction of sp³-hybridized carbons (Fsp3) is 0.400. The number of rotatable bonds is 6. The summed E-state index contributed by atoms with van der Waals surface area (Å²) < 4.78 is 2.01. The van der Waals surface area contributed by atoms with E-state index in [-0.39, 0.29) is 5.56 Å². The zero-order valence-corrected chi connectivity index (χ0v) is 13.8. The maximum Gasteiger partial charge on any atom is 0.283 e. The molecule has 0 saturated heterocycles. The maximum absolute atomic E-state index is 12.2. The van der Waals surface area contributed by atoms with Crippen LogP contribution in [0.5, 0.6) is 0 Å². The first kappa shape index (κ1) is 15.7. The fourth-order valence-corrected chi connectivity index (χ4v) is 2.38. The Kier molecular flexibility index (Phi) is 5.50. The first-order chi connectivity index (χ1) is 10.1. The van der Waals surface area contributed by atoms with E-state index in [1.807, 2.05) is 18.2 Å². The van der Waals surface area contributed by atoms with E-state index in [9.17, 15) is 4.79 Å². The molecule has 0 atom stereocenters. The van der Waals surface area contributed by atoms with Crippen LogP contribution in [-0.4, -0.2) is 21.3 Å². The van der Waals surface area contributed by atoms with Gasteiger partial charge in [0.05, 0.1) is 11.9 Å². The second kappa shape index (κ2) is 7.36. The normalized spacial score (nSPS) is 10.9. The van der Waals surface area contributed by atoms with E-state index in [0.717, 1.165) is 17.8 Å².